The van der Waals surface area contributed by atoms with E-state index in [4.69, 9.17) is 4.74 Å². The predicted octanol–water partition coefficient (Wildman–Crippen LogP) is 0.359. The van der Waals surface area contributed by atoms with Crippen LogP contribution >= 0.6 is 0 Å². The molecular weight excluding hydrogens is 456 g/mol. The predicted molar refractivity (Wildman–Crippen MR) is 29.7 cm³/mol. The zero-order chi connectivity index (χ0) is 6.69. The Hall–Kier alpha value is 0.657. The first-order chi connectivity index (χ1) is 4.38. The van der Waals surface area contributed by atoms with Gasteiger partial charge in [-0.1, -0.05) is 0 Å². The van der Waals surface area contributed by atoms with Gasteiger partial charge in [0.2, 0.25) is 0 Å². The number of ether oxygens (including phenoxy) is 1. The second kappa shape index (κ2) is 3.73. The normalized spacial score (nSPS) is 17.3. The fourth-order valence-corrected chi connectivity index (χ4v) is 2.34. The van der Waals surface area contributed by atoms with Gasteiger partial charge in [0.1, 0.15) is 0 Å². The van der Waals surface area contributed by atoms with Gasteiger partial charge in [0, 0.05) is 0 Å². The molecule has 0 aromatic rings. The van der Waals surface area contributed by atoms with Gasteiger partial charge in [-0.15, -0.1) is 0 Å². The number of allylic oxidation sites excluding steroid dienone is 1. The van der Waals surface area contributed by atoms with Gasteiger partial charge in [-0.2, -0.15) is 0 Å². The van der Waals surface area contributed by atoms with Gasteiger partial charge >= 0.3 is 76.6 Å². The van der Waals surface area contributed by atoms with Crippen molar-refractivity contribution in [1.82, 2.24) is 0 Å². The zero-order valence-corrected chi connectivity index (χ0v) is 10.7. The first kappa shape index (κ1) is 7.76. The fourth-order valence-electron chi connectivity index (χ4n) is 0.714. The van der Waals surface area contributed by atoms with Crippen LogP contribution in [0.15, 0.2) is 11.3 Å². The Morgan fingerprint density at radius 2 is 2.11 bits per heavy atom. The summed E-state index contributed by atoms with van der Waals surface area (Å²) in [7, 11) is 0. The molecule has 0 amide bonds. The molecule has 0 aromatic heterocycles. The molecule has 1 nitrogen and oxygen atoms in total. The van der Waals surface area contributed by atoms with Crippen LogP contribution in [0.2, 0.25) is 0 Å². The molecule has 0 fully saturated rings. The minimum atomic E-state index is 0.887. The summed E-state index contributed by atoms with van der Waals surface area (Å²) in [6, 6.07) is 0. The first-order valence-corrected chi connectivity index (χ1v) is 6.03. The van der Waals surface area contributed by atoms with E-state index in [0.29, 0.717) is 0 Å². The Balaban J connectivity index is 2.81. The van der Waals surface area contributed by atoms with Crippen LogP contribution in [0.4, 0.5) is 0 Å². The van der Waals surface area contributed by atoms with E-state index in [2.05, 4.69) is 8.80 Å². The van der Waals surface area contributed by atoms with E-state index < -0.39 is 0 Å². The quantitative estimate of drug-likeness (QED) is 0.577. The van der Waals surface area contributed by atoms with Crippen LogP contribution in [-0.2, 0) is 43.4 Å². The molecule has 1 heterocycles. The first-order valence-electron chi connectivity index (χ1n) is 2.65. The molecule has 1 rings (SSSR count). The Morgan fingerprint density at radius 1 is 1.33 bits per heavy atom. The summed E-state index contributed by atoms with van der Waals surface area (Å²) in [6.45, 7) is 0.887. The van der Waals surface area contributed by atoms with Crippen LogP contribution < -0.4 is 0 Å². The van der Waals surface area contributed by atoms with E-state index in [1.807, 2.05) is 0 Å². The molecule has 48 valence electrons. The van der Waals surface area contributed by atoms with Crippen molar-refractivity contribution in [2.75, 3.05) is 6.61 Å². The molecule has 0 saturated heterocycles. The molecule has 0 spiro atoms. The van der Waals surface area contributed by atoms with E-state index in [1.54, 1.807) is 0 Å². The number of hydrogen-bond donors (Lipinski definition) is 0. The van der Waals surface area contributed by atoms with Gasteiger partial charge < -0.3 is 0 Å². The molecule has 0 bridgehead atoms. The molecule has 0 saturated carbocycles. The SMILES string of the molecule is [W]=[CH]C1=C([CH]=[W])OCC1. The summed E-state index contributed by atoms with van der Waals surface area (Å²) < 4.78 is 9.66. The van der Waals surface area contributed by atoms with Crippen molar-refractivity contribution < 1.29 is 43.4 Å². The molecule has 0 aromatic carbocycles. The molecule has 0 atom stereocenters. The Kier molecular flexibility index (Phi) is 3.22. The average molecular weight is 462 g/mol. The van der Waals surface area contributed by atoms with Crippen LogP contribution in [-0.4, -0.2) is 15.4 Å². The van der Waals surface area contributed by atoms with Gasteiger partial charge in [-0.05, 0) is 0 Å². The summed E-state index contributed by atoms with van der Waals surface area (Å²) in [4.78, 5) is 0. The third-order valence-electron chi connectivity index (χ3n) is 1.19. The average Bonchev–Trinajstić information content (AvgIpc) is 2.33. The maximum atomic E-state index is 5.33. The van der Waals surface area contributed by atoms with Crippen molar-refractivity contribution in [1.29, 1.82) is 0 Å². The van der Waals surface area contributed by atoms with Crippen molar-refractivity contribution in [3.8, 4) is 0 Å². The van der Waals surface area contributed by atoms with Crippen molar-refractivity contribution in [2.24, 2.45) is 0 Å². The standard InChI is InChI=1S/C6H6O.2W/c1-5-3-4-7-6(5)2;;/h1-2H,3-4H2;;. The Bertz CT molecular complexity index is 154. The van der Waals surface area contributed by atoms with Crippen molar-refractivity contribution in [3.05, 3.63) is 11.3 Å². The van der Waals surface area contributed by atoms with Crippen LogP contribution in [0.25, 0.3) is 0 Å². The summed E-state index contributed by atoms with van der Waals surface area (Å²) in [5.41, 5.74) is 1.40. The summed E-state index contributed by atoms with van der Waals surface area (Å²) >= 11 is 2.98. The zero-order valence-electron chi connectivity index (χ0n) is 4.79. The molecule has 0 unspecified atom stereocenters. The van der Waals surface area contributed by atoms with Crippen molar-refractivity contribution in [3.63, 3.8) is 0 Å². The molecule has 1 aliphatic rings. The Labute approximate surface area is 76.3 Å². The fraction of sp³-hybridized carbons (Fsp3) is 0.333. The molecule has 1 aliphatic heterocycles. The third-order valence-corrected chi connectivity index (χ3v) is 2.99. The molecule has 9 heavy (non-hydrogen) atoms. The van der Waals surface area contributed by atoms with Crippen LogP contribution in [0, 0.1) is 0 Å². The summed E-state index contributed by atoms with van der Waals surface area (Å²) in [5.74, 6) is 1.12. The van der Waals surface area contributed by atoms with Gasteiger partial charge in [-0.3, -0.25) is 0 Å². The molecular formula is C6H6OW2. The van der Waals surface area contributed by atoms with E-state index in [0.717, 1.165) is 18.8 Å². The molecule has 0 N–H and O–H groups in total. The summed E-state index contributed by atoms with van der Waals surface area (Å²) in [6.07, 6.45) is 1.11. The van der Waals surface area contributed by atoms with Crippen LogP contribution in [0.5, 0.6) is 0 Å². The van der Waals surface area contributed by atoms with Gasteiger partial charge in [0.25, 0.3) is 0 Å². The Morgan fingerprint density at radius 3 is 2.56 bits per heavy atom. The topological polar surface area (TPSA) is 9.23 Å². The van der Waals surface area contributed by atoms with Crippen LogP contribution in [0.3, 0.4) is 0 Å². The molecule has 0 radical (unpaired) electrons. The van der Waals surface area contributed by atoms with Crippen molar-refractivity contribution in [2.45, 2.75) is 6.42 Å². The molecule has 3 heteroatoms. The van der Waals surface area contributed by atoms with E-state index in [-0.39, 0.29) is 0 Å². The third kappa shape index (κ3) is 1.79. The van der Waals surface area contributed by atoms with E-state index in [1.165, 1.54) is 44.3 Å². The number of hydrogen-bond acceptors (Lipinski definition) is 1. The van der Waals surface area contributed by atoms with E-state index >= 15 is 0 Å². The van der Waals surface area contributed by atoms with Crippen LogP contribution in [0.1, 0.15) is 6.42 Å². The monoisotopic (exact) mass is 462 g/mol. The minimum absolute atomic E-state index is 0.887. The maximum absolute atomic E-state index is 5.33. The second-order valence-electron chi connectivity index (χ2n) is 1.72. The number of rotatable bonds is 2. The van der Waals surface area contributed by atoms with Crippen molar-refractivity contribution >= 4 is 8.80 Å². The second-order valence-corrected chi connectivity index (χ2v) is 3.42. The summed E-state index contributed by atoms with van der Waals surface area (Å²) in [5, 5.41) is 0. The van der Waals surface area contributed by atoms with E-state index in [9.17, 15) is 0 Å². The molecule has 0 aliphatic carbocycles. The van der Waals surface area contributed by atoms with Gasteiger partial charge in [0.05, 0.1) is 0 Å². The van der Waals surface area contributed by atoms with Gasteiger partial charge in [0.15, 0.2) is 0 Å². The van der Waals surface area contributed by atoms with Gasteiger partial charge in [-0.25, -0.2) is 0 Å².